The van der Waals surface area contributed by atoms with Gasteiger partial charge in [-0.3, -0.25) is 0 Å². The molecule has 10 heteroatoms. The molecule has 0 saturated heterocycles. The van der Waals surface area contributed by atoms with Gasteiger partial charge in [-0.05, 0) is 13.0 Å². The summed E-state index contributed by atoms with van der Waals surface area (Å²) in [6.45, 7) is 1.35. The molecular formula is C8H12N6O3S. The Morgan fingerprint density at radius 1 is 1.56 bits per heavy atom. The zero-order valence-corrected chi connectivity index (χ0v) is 10.3. The van der Waals surface area contributed by atoms with Gasteiger partial charge >= 0.3 is 0 Å². The maximum atomic E-state index is 12.0. The lowest BCUT2D eigenvalue weighted by atomic mass is 10.4. The van der Waals surface area contributed by atoms with Crippen molar-refractivity contribution in [3.63, 3.8) is 0 Å². The summed E-state index contributed by atoms with van der Waals surface area (Å²) in [5.74, 6) is 0.247. The van der Waals surface area contributed by atoms with Gasteiger partial charge in [0.25, 0.3) is 0 Å². The van der Waals surface area contributed by atoms with Crippen molar-refractivity contribution in [3.05, 3.63) is 23.8 Å². The average molecular weight is 272 g/mol. The predicted octanol–water partition coefficient (Wildman–Crippen LogP) is -0.940. The van der Waals surface area contributed by atoms with Crippen LogP contribution in [0.3, 0.4) is 0 Å². The first-order valence-corrected chi connectivity index (χ1v) is 6.55. The van der Waals surface area contributed by atoms with Gasteiger partial charge in [-0.15, -0.1) is 10.2 Å². The molecule has 0 spiro atoms. The number of hydrogen-bond acceptors (Lipinski definition) is 6. The smallest absolute Gasteiger partial charge is 0.242 e. The molecule has 2 heterocycles. The fraction of sp³-hybridized carbons (Fsp3) is 0.375. The fourth-order valence-corrected chi connectivity index (χ4v) is 2.59. The first-order valence-electron chi connectivity index (χ1n) is 5.07. The SMILES string of the molecule is CC(NS(=O)(=O)c1c[nH]c(CO)c1)c1nn[nH]n1. The molecule has 2 aromatic rings. The fourth-order valence-electron chi connectivity index (χ4n) is 1.37. The highest BCUT2D eigenvalue weighted by Crippen LogP contribution is 2.14. The van der Waals surface area contributed by atoms with Crippen molar-refractivity contribution in [2.24, 2.45) is 0 Å². The number of sulfonamides is 1. The van der Waals surface area contributed by atoms with Crippen molar-refractivity contribution < 1.29 is 13.5 Å². The number of H-pyrrole nitrogens is 2. The van der Waals surface area contributed by atoms with Crippen LogP contribution in [0.15, 0.2) is 17.2 Å². The molecule has 9 nitrogen and oxygen atoms in total. The summed E-state index contributed by atoms with van der Waals surface area (Å²) in [7, 11) is -3.69. The summed E-state index contributed by atoms with van der Waals surface area (Å²) in [6.07, 6.45) is 1.30. The van der Waals surface area contributed by atoms with E-state index in [2.05, 4.69) is 30.3 Å². The molecule has 1 atom stereocenters. The van der Waals surface area contributed by atoms with Gasteiger partial charge in [-0.25, -0.2) is 13.1 Å². The molecule has 0 aliphatic heterocycles. The number of nitrogens with zero attached hydrogens (tertiary/aromatic N) is 3. The van der Waals surface area contributed by atoms with Crippen molar-refractivity contribution in [2.45, 2.75) is 24.5 Å². The highest BCUT2D eigenvalue weighted by molar-refractivity contribution is 7.89. The van der Waals surface area contributed by atoms with Crippen molar-refractivity contribution in [3.8, 4) is 0 Å². The van der Waals surface area contributed by atoms with Crippen LogP contribution in [-0.2, 0) is 16.6 Å². The Labute approximate surface area is 103 Å². The number of aromatic amines is 2. The molecule has 0 aliphatic carbocycles. The van der Waals surface area contributed by atoms with Crippen LogP contribution >= 0.6 is 0 Å². The predicted molar refractivity (Wildman–Crippen MR) is 59.6 cm³/mol. The maximum absolute atomic E-state index is 12.0. The van der Waals surface area contributed by atoms with Crippen molar-refractivity contribution in [1.82, 2.24) is 30.3 Å². The van der Waals surface area contributed by atoms with Crippen LogP contribution in [0.25, 0.3) is 0 Å². The minimum atomic E-state index is -3.69. The third kappa shape index (κ3) is 2.55. The van der Waals surface area contributed by atoms with Crippen LogP contribution in [-0.4, -0.2) is 39.1 Å². The van der Waals surface area contributed by atoms with Gasteiger partial charge in [0, 0.05) is 11.9 Å². The monoisotopic (exact) mass is 272 g/mol. The van der Waals surface area contributed by atoms with E-state index in [1.54, 1.807) is 6.92 Å². The van der Waals surface area contributed by atoms with E-state index >= 15 is 0 Å². The normalized spacial score (nSPS) is 13.7. The van der Waals surface area contributed by atoms with Gasteiger partial charge in [-0.2, -0.15) is 5.21 Å². The number of aliphatic hydroxyl groups excluding tert-OH is 1. The summed E-state index contributed by atoms with van der Waals surface area (Å²) in [4.78, 5) is 2.69. The number of hydrogen-bond donors (Lipinski definition) is 4. The maximum Gasteiger partial charge on any atom is 0.242 e. The Morgan fingerprint density at radius 2 is 2.33 bits per heavy atom. The van der Waals surface area contributed by atoms with Gasteiger partial charge in [0.15, 0.2) is 5.82 Å². The highest BCUT2D eigenvalue weighted by atomic mass is 32.2. The summed E-state index contributed by atoms with van der Waals surface area (Å²) in [5.41, 5.74) is 0.419. The molecule has 0 fully saturated rings. The lowest BCUT2D eigenvalue weighted by Crippen LogP contribution is -2.27. The molecule has 2 aromatic heterocycles. The second kappa shape index (κ2) is 4.84. The van der Waals surface area contributed by atoms with Crippen LogP contribution < -0.4 is 4.72 Å². The van der Waals surface area contributed by atoms with E-state index in [1.165, 1.54) is 12.3 Å². The van der Waals surface area contributed by atoms with Gasteiger partial charge in [0.05, 0.1) is 17.5 Å². The lowest BCUT2D eigenvalue weighted by molar-refractivity contribution is 0.277. The van der Waals surface area contributed by atoms with E-state index in [1.807, 2.05) is 0 Å². The summed E-state index contributed by atoms with van der Waals surface area (Å²) in [6, 6.07) is 0.742. The van der Waals surface area contributed by atoms with Gasteiger partial charge in [0.1, 0.15) is 0 Å². The number of tetrazole rings is 1. The second-order valence-electron chi connectivity index (χ2n) is 3.63. The molecule has 4 N–H and O–H groups in total. The number of aliphatic hydroxyl groups is 1. The van der Waals surface area contributed by atoms with Crippen molar-refractivity contribution >= 4 is 10.0 Å². The standard InChI is InChI=1S/C8H12N6O3S/c1-5(8-10-13-14-11-8)12-18(16,17)7-2-6(4-15)9-3-7/h2-3,5,9,12,15H,4H2,1H3,(H,10,11,13,14). The quantitative estimate of drug-likeness (QED) is 0.554. The van der Waals surface area contributed by atoms with E-state index in [9.17, 15) is 8.42 Å². The molecule has 0 aromatic carbocycles. The largest absolute Gasteiger partial charge is 0.390 e. The molecule has 0 aliphatic rings. The van der Waals surface area contributed by atoms with E-state index < -0.39 is 16.1 Å². The second-order valence-corrected chi connectivity index (χ2v) is 5.35. The van der Waals surface area contributed by atoms with Crippen LogP contribution in [0, 0.1) is 0 Å². The van der Waals surface area contributed by atoms with Gasteiger partial charge in [0.2, 0.25) is 10.0 Å². The van der Waals surface area contributed by atoms with Gasteiger partial charge in [-0.1, -0.05) is 5.21 Å². The Hall–Kier alpha value is -1.78. The van der Waals surface area contributed by atoms with E-state index in [4.69, 9.17) is 5.11 Å². The van der Waals surface area contributed by atoms with Crippen LogP contribution in [0.4, 0.5) is 0 Å². The molecule has 0 saturated carbocycles. The molecule has 0 radical (unpaired) electrons. The minimum absolute atomic E-state index is 0.0434. The molecule has 1 unspecified atom stereocenters. The molecule has 0 amide bonds. The van der Waals surface area contributed by atoms with E-state index in [0.717, 1.165) is 0 Å². The minimum Gasteiger partial charge on any atom is -0.390 e. The summed E-state index contributed by atoms with van der Waals surface area (Å²) in [5, 5.41) is 21.9. The Morgan fingerprint density at radius 3 is 2.89 bits per heavy atom. The van der Waals surface area contributed by atoms with Crippen LogP contribution in [0.5, 0.6) is 0 Å². The Balaban J connectivity index is 2.17. The van der Waals surface area contributed by atoms with E-state index in [0.29, 0.717) is 5.69 Å². The third-order valence-electron chi connectivity index (χ3n) is 2.28. The summed E-state index contributed by atoms with van der Waals surface area (Å²) < 4.78 is 26.3. The molecule has 18 heavy (non-hydrogen) atoms. The molecule has 2 rings (SSSR count). The number of rotatable bonds is 5. The first-order chi connectivity index (χ1) is 8.53. The lowest BCUT2D eigenvalue weighted by Gasteiger charge is -2.09. The first kappa shape index (κ1) is 12.7. The van der Waals surface area contributed by atoms with Crippen molar-refractivity contribution in [2.75, 3.05) is 0 Å². The van der Waals surface area contributed by atoms with Crippen molar-refractivity contribution in [1.29, 1.82) is 0 Å². The zero-order chi connectivity index (χ0) is 13.2. The molecule has 0 bridgehead atoms. The highest BCUT2D eigenvalue weighted by Gasteiger charge is 2.21. The van der Waals surface area contributed by atoms with Crippen LogP contribution in [0.1, 0.15) is 24.5 Å². The van der Waals surface area contributed by atoms with E-state index in [-0.39, 0.29) is 17.3 Å². The average Bonchev–Trinajstić information content (AvgIpc) is 3.00. The zero-order valence-electron chi connectivity index (χ0n) is 9.45. The summed E-state index contributed by atoms with van der Waals surface area (Å²) >= 11 is 0. The number of aromatic nitrogens is 5. The molecule has 98 valence electrons. The van der Waals surface area contributed by atoms with Crippen LogP contribution in [0.2, 0.25) is 0 Å². The number of nitrogens with one attached hydrogen (secondary N) is 3. The topological polar surface area (TPSA) is 137 Å². The third-order valence-corrected chi connectivity index (χ3v) is 3.80. The Kier molecular flexibility index (Phi) is 3.41. The Bertz CT molecular complexity index is 605. The van der Waals surface area contributed by atoms with Gasteiger partial charge < -0.3 is 10.1 Å². The molecular weight excluding hydrogens is 260 g/mol.